The predicted octanol–water partition coefficient (Wildman–Crippen LogP) is 3.51. The second-order valence-corrected chi connectivity index (χ2v) is 5.82. The normalized spacial score (nSPS) is 11.3. The van der Waals surface area contributed by atoms with E-state index in [1.165, 1.54) is 14.9 Å². The molecule has 0 aliphatic rings. The van der Waals surface area contributed by atoms with Crippen LogP contribution >= 0.6 is 33.9 Å². The largest absolute Gasteiger partial charge is 0.281 e. The van der Waals surface area contributed by atoms with Crippen molar-refractivity contribution in [2.45, 2.75) is 6.92 Å². The van der Waals surface area contributed by atoms with Crippen LogP contribution in [0.25, 0.3) is 0 Å². The van der Waals surface area contributed by atoms with Gasteiger partial charge < -0.3 is 0 Å². The Labute approximate surface area is 123 Å². The smallest absolute Gasteiger partial charge is 0.266 e. The SMILES string of the molecule is C/C(=N/NC(=O)c1cccs1)c1ccc(I)cc1. The molecule has 0 unspecified atom stereocenters. The second kappa shape index (κ2) is 6.10. The van der Waals surface area contributed by atoms with Crippen LogP contribution in [0.4, 0.5) is 0 Å². The van der Waals surface area contributed by atoms with Crippen LogP contribution in [0, 0.1) is 3.57 Å². The van der Waals surface area contributed by atoms with Gasteiger partial charge >= 0.3 is 0 Å². The summed E-state index contributed by atoms with van der Waals surface area (Å²) in [6, 6.07) is 11.6. The van der Waals surface area contributed by atoms with Crippen molar-refractivity contribution in [3.05, 3.63) is 55.8 Å². The van der Waals surface area contributed by atoms with Crippen LogP contribution in [-0.2, 0) is 0 Å². The van der Waals surface area contributed by atoms with Gasteiger partial charge in [0.1, 0.15) is 0 Å². The highest BCUT2D eigenvalue weighted by Crippen LogP contribution is 2.09. The average Bonchev–Trinajstić information content (AvgIpc) is 2.90. The summed E-state index contributed by atoms with van der Waals surface area (Å²) in [6.45, 7) is 1.87. The van der Waals surface area contributed by atoms with E-state index in [1.54, 1.807) is 6.07 Å². The summed E-state index contributed by atoms with van der Waals surface area (Å²) in [4.78, 5) is 12.3. The van der Waals surface area contributed by atoms with Crippen molar-refractivity contribution in [2.24, 2.45) is 5.10 Å². The molecule has 0 atom stereocenters. The molecule has 92 valence electrons. The Hall–Kier alpha value is -1.21. The minimum atomic E-state index is -0.171. The van der Waals surface area contributed by atoms with Gasteiger partial charge in [-0.05, 0) is 58.7 Å². The third kappa shape index (κ3) is 3.39. The molecular weight excluding hydrogens is 359 g/mol. The van der Waals surface area contributed by atoms with E-state index >= 15 is 0 Å². The fourth-order valence-corrected chi connectivity index (χ4v) is 2.33. The van der Waals surface area contributed by atoms with E-state index in [0.717, 1.165) is 11.3 Å². The number of rotatable bonds is 3. The fourth-order valence-electron chi connectivity index (χ4n) is 1.35. The number of carbonyl (C=O) groups is 1. The predicted molar refractivity (Wildman–Crippen MR) is 83.2 cm³/mol. The first-order valence-corrected chi connectivity index (χ1v) is 7.27. The van der Waals surface area contributed by atoms with Crippen LogP contribution in [0.2, 0.25) is 0 Å². The quantitative estimate of drug-likeness (QED) is 0.502. The van der Waals surface area contributed by atoms with E-state index in [9.17, 15) is 4.79 Å². The number of carbonyl (C=O) groups excluding carboxylic acids is 1. The highest BCUT2D eigenvalue weighted by molar-refractivity contribution is 14.1. The summed E-state index contributed by atoms with van der Waals surface area (Å²) >= 11 is 3.65. The van der Waals surface area contributed by atoms with Crippen molar-refractivity contribution in [1.82, 2.24) is 5.43 Å². The number of nitrogens with zero attached hydrogens (tertiary/aromatic N) is 1. The van der Waals surface area contributed by atoms with Crippen molar-refractivity contribution in [3.63, 3.8) is 0 Å². The summed E-state index contributed by atoms with van der Waals surface area (Å²) in [7, 11) is 0. The van der Waals surface area contributed by atoms with Crippen molar-refractivity contribution < 1.29 is 4.79 Å². The Bertz CT molecular complexity index is 561. The summed E-state index contributed by atoms with van der Waals surface area (Å²) in [5, 5.41) is 5.97. The molecule has 0 aliphatic heterocycles. The number of amides is 1. The molecule has 0 aliphatic carbocycles. The average molecular weight is 370 g/mol. The number of thiophene rings is 1. The molecule has 18 heavy (non-hydrogen) atoms. The maximum absolute atomic E-state index is 11.7. The molecule has 0 bridgehead atoms. The Balaban J connectivity index is 2.05. The van der Waals surface area contributed by atoms with Gasteiger partial charge in [-0.3, -0.25) is 4.79 Å². The molecule has 0 spiro atoms. The molecule has 1 aromatic heterocycles. The molecule has 1 heterocycles. The van der Waals surface area contributed by atoms with E-state index < -0.39 is 0 Å². The minimum Gasteiger partial charge on any atom is -0.266 e. The third-order valence-corrected chi connectivity index (χ3v) is 3.92. The Morgan fingerprint density at radius 3 is 2.61 bits per heavy atom. The highest BCUT2D eigenvalue weighted by Gasteiger charge is 2.05. The Kier molecular flexibility index (Phi) is 4.48. The lowest BCUT2D eigenvalue weighted by atomic mass is 10.1. The monoisotopic (exact) mass is 370 g/mol. The van der Waals surface area contributed by atoms with Gasteiger partial charge in [-0.15, -0.1) is 11.3 Å². The molecule has 0 saturated heterocycles. The lowest BCUT2D eigenvalue weighted by molar-refractivity contribution is 0.0959. The Morgan fingerprint density at radius 1 is 1.28 bits per heavy atom. The highest BCUT2D eigenvalue weighted by atomic mass is 127. The van der Waals surface area contributed by atoms with Crippen molar-refractivity contribution in [1.29, 1.82) is 0 Å². The molecular formula is C13H11IN2OS. The van der Waals surface area contributed by atoms with E-state index in [4.69, 9.17) is 0 Å². The van der Waals surface area contributed by atoms with Gasteiger partial charge in [0.25, 0.3) is 5.91 Å². The molecule has 3 nitrogen and oxygen atoms in total. The van der Waals surface area contributed by atoms with E-state index in [2.05, 4.69) is 33.1 Å². The molecule has 2 aromatic rings. The van der Waals surface area contributed by atoms with Gasteiger partial charge in [0.05, 0.1) is 10.6 Å². The van der Waals surface area contributed by atoms with Crippen LogP contribution in [0.1, 0.15) is 22.2 Å². The maximum Gasteiger partial charge on any atom is 0.281 e. The number of hydrogen-bond acceptors (Lipinski definition) is 3. The first kappa shape index (κ1) is 13.2. The van der Waals surface area contributed by atoms with Crippen LogP contribution in [0.3, 0.4) is 0 Å². The van der Waals surface area contributed by atoms with Crippen LogP contribution in [-0.4, -0.2) is 11.6 Å². The second-order valence-electron chi connectivity index (χ2n) is 3.62. The van der Waals surface area contributed by atoms with E-state index in [-0.39, 0.29) is 5.91 Å². The zero-order valence-corrected chi connectivity index (χ0v) is 12.7. The van der Waals surface area contributed by atoms with Crippen molar-refractivity contribution >= 4 is 45.5 Å². The molecule has 2 rings (SSSR count). The zero-order valence-electron chi connectivity index (χ0n) is 9.68. The number of nitrogens with one attached hydrogen (secondary N) is 1. The van der Waals surface area contributed by atoms with Gasteiger partial charge in [-0.25, -0.2) is 5.43 Å². The van der Waals surface area contributed by atoms with Crippen molar-refractivity contribution in [2.75, 3.05) is 0 Å². The van der Waals surface area contributed by atoms with Gasteiger partial charge in [-0.2, -0.15) is 5.10 Å². The minimum absolute atomic E-state index is 0.171. The first-order chi connectivity index (χ1) is 8.66. The molecule has 0 fully saturated rings. The van der Waals surface area contributed by atoms with E-state index in [1.807, 2.05) is 42.6 Å². The van der Waals surface area contributed by atoms with Crippen molar-refractivity contribution in [3.8, 4) is 0 Å². The zero-order chi connectivity index (χ0) is 13.0. The third-order valence-electron chi connectivity index (χ3n) is 2.33. The van der Waals surface area contributed by atoms with Gasteiger partial charge in [0, 0.05) is 3.57 Å². The lowest BCUT2D eigenvalue weighted by Crippen LogP contribution is -2.18. The number of hydrazone groups is 1. The lowest BCUT2D eigenvalue weighted by Gasteiger charge is -2.02. The molecule has 0 radical (unpaired) electrons. The topological polar surface area (TPSA) is 41.5 Å². The van der Waals surface area contributed by atoms with E-state index in [0.29, 0.717) is 4.88 Å². The number of halogens is 1. The number of benzene rings is 1. The van der Waals surface area contributed by atoms with Crippen LogP contribution in [0.15, 0.2) is 46.9 Å². The van der Waals surface area contributed by atoms with Gasteiger partial charge in [0.2, 0.25) is 0 Å². The molecule has 1 aromatic carbocycles. The maximum atomic E-state index is 11.7. The molecule has 1 N–H and O–H groups in total. The van der Waals surface area contributed by atoms with Gasteiger partial charge in [0.15, 0.2) is 0 Å². The fraction of sp³-hybridized carbons (Fsp3) is 0.0769. The standard InChI is InChI=1S/C13H11IN2OS/c1-9(10-4-6-11(14)7-5-10)15-16-13(17)12-3-2-8-18-12/h2-8H,1H3,(H,16,17)/b15-9-. The Morgan fingerprint density at radius 2 is 2.00 bits per heavy atom. The molecule has 0 saturated carbocycles. The summed E-state index contributed by atoms with van der Waals surface area (Å²) in [5.41, 5.74) is 4.35. The first-order valence-electron chi connectivity index (χ1n) is 5.31. The summed E-state index contributed by atoms with van der Waals surface area (Å²) in [6.07, 6.45) is 0. The van der Waals surface area contributed by atoms with Crippen LogP contribution in [0.5, 0.6) is 0 Å². The summed E-state index contributed by atoms with van der Waals surface area (Å²) in [5.74, 6) is -0.171. The molecule has 5 heteroatoms. The van der Waals surface area contributed by atoms with Crippen LogP contribution < -0.4 is 5.43 Å². The van der Waals surface area contributed by atoms with Gasteiger partial charge in [-0.1, -0.05) is 18.2 Å². The summed E-state index contributed by atoms with van der Waals surface area (Å²) < 4.78 is 1.17. The molecule has 1 amide bonds. The number of hydrogen-bond donors (Lipinski definition) is 1.